The van der Waals surface area contributed by atoms with Crippen LogP contribution in [-0.4, -0.2) is 33.7 Å². The lowest BCUT2D eigenvalue weighted by Crippen LogP contribution is -2.15. The fourth-order valence-corrected chi connectivity index (χ4v) is 2.83. The molecule has 21 heavy (non-hydrogen) atoms. The Kier molecular flexibility index (Phi) is 6.12. The molecule has 0 unspecified atom stereocenters. The van der Waals surface area contributed by atoms with E-state index < -0.39 is 25.7 Å². The number of ether oxygens (including phenoxy) is 2. The van der Waals surface area contributed by atoms with Gasteiger partial charge in [0.2, 0.25) is 0 Å². The minimum Gasteiger partial charge on any atom is -0.460 e. The lowest BCUT2D eigenvalue weighted by atomic mass is 10.1. The summed E-state index contributed by atoms with van der Waals surface area (Å²) >= 11 is 0. The minimum absolute atomic E-state index is 0.00685. The third-order valence-electron chi connectivity index (χ3n) is 2.58. The summed E-state index contributed by atoms with van der Waals surface area (Å²) in [4.78, 5) is 11.4. The largest absolute Gasteiger partial charge is 0.460 e. The first kappa shape index (κ1) is 17.9. The lowest BCUT2D eigenvalue weighted by molar-refractivity contribution is 0.0176. The summed E-state index contributed by atoms with van der Waals surface area (Å²) in [6.07, 6.45) is -0.00685. The van der Waals surface area contributed by atoms with Crippen LogP contribution in [0.4, 0.5) is 4.39 Å². The molecule has 0 heterocycles. The van der Waals surface area contributed by atoms with Gasteiger partial charge < -0.3 is 9.47 Å². The average Bonchev–Trinajstić information content (AvgIpc) is 2.35. The van der Waals surface area contributed by atoms with Crippen LogP contribution in [0, 0.1) is 12.7 Å². The molecule has 118 valence electrons. The molecule has 0 spiro atoms. The maximum Gasteiger partial charge on any atom is 0.338 e. The summed E-state index contributed by atoms with van der Waals surface area (Å²) in [6.45, 7) is 5.19. The Morgan fingerprint density at radius 3 is 2.48 bits per heavy atom. The number of hydrogen-bond acceptors (Lipinski definition) is 5. The van der Waals surface area contributed by atoms with Crippen LogP contribution < -0.4 is 0 Å². The van der Waals surface area contributed by atoms with Crippen LogP contribution in [-0.2, 0) is 18.5 Å². The predicted octanol–water partition coefficient (Wildman–Crippen LogP) is 2.64. The van der Waals surface area contributed by atoms with E-state index in [1.807, 2.05) is 13.8 Å². The van der Waals surface area contributed by atoms with Gasteiger partial charge >= 0.3 is 5.97 Å². The van der Waals surface area contributed by atoms with Gasteiger partial charge in [-0.3, -0.25) is 0 Å². The molecule has 0 aliphatic rings. The van der Waals surface area contributed by atoms with Gasteiger partial charge in [-0.25, -0.2) is 17.6 Å². The van der Waals surface area contributed by atoms with Gasteiger partial charge in [-0.2, -0.15) is 0 Å². The fraction of sp³-hybridized carbons (Fsp3) is 0.462. The molecule has 1 rings (SSSR count). The van der Waals surface area contributed by atoms with Crippen molar-refractivity contribution in [3.8, 4) is 0 Å². The van der Waals surface area contributed by atoms with Crippen molar-refractivity contribution < 1.29 is 27.1 Å². The third kappa shape index (κ3) is 5.26. The third-order valence-corrected chi connectivity index (χ3v) is 4.02. The topological polar surface area (TPSA) is 69.7 Å². The number of esters is 1. The van der Waals surface area contributed by atoms with Crippen LogP contribution in [0.15, 0.2) is 17.0 Å². The summed E-state index contributed by atoms with van der Waals surface area (Å²) in [7, 11) is 1.06. The van der Waals surface area contributed by atoms with Crippen LogP contribution in [0.5, 0.6) is 0 Å². The molecule has 0 radical (unpaired) electrons. The summed E-state index contributed by atoms with van der Waals surface area (Å²) in [5, 5.41) is 0. The molecule has 0 saturated heterocycles. The van der Waals surface area contributed by atoms with Gasteiger partial charge in [0.15, 0.2) is 0 Å². The normalized spacial score (nSPS) is 11.7. The number of benzene rings is 1. The Balaban J connectivity index is 2.93. The zero-order valence-corrected chi connectivity index (χ0v) is 13.4. The number of halogens is 2. The number of carbonyl (C=O) groups is 1. The molecule has 1 aromatic rings. The van der Waals surface area contributed by atoms with Crippen LogP contribution in [0.3, 0.4) is 0 Å². The van der Waals surface area contributed by atoms with E-state index in [9.17, 15) is 17.6 Å². The lowest BCUT2D eigenvalue weighted by Gasteiger charge is -2.11. The standard InChI is InChI=1S/C13H16ClFO5S/c1-8(2)19-4-5-20-13(16)11-6-10(15)7-12(9(11)3)21(14,17)18/h6-8H,4-5H2,1-3H3. The van der Waals surface area contributed by atoms with Gasteiger partial charge in [0, 0.05) is 10.7 Å². The first-order chi connectivity index (χ1) is 9.62. The van der Waals surface area contributed by atoms with E-state index in [1.54, 1.807) is 0 Å². The second-order valence-corrected chi connectivity index (χ2v) is 7.10. The Hall–Kier alpha value is -1.18. The molecule has 5 nitrogen and oxygen atoms in total. The van der Waals surface area contributed by atoms with Gasteiger partial charge in [0.05, 0.1) is 23.2 Å². The van der Waals surface area contributed by atoms with Gasteiger partial charge in [-0.05, 0) is 38.5 Å². The molecule has 0 N–H and O–H groups in total. The van der Waals surface area contributed by atoms with E-state index in [2.05, 4.69) is 0 Å². The van der Waals surface area contributed by atoms with Crippen molar-refractivity contribution in [2.45, 2.75) is 31.8 Å². The maximum atomic E-state index is 13.4. The van der Waals surface area contributed by atoms with Crippen molar-refractivity contribution in [1.29, 1.82) is 0 Å². The second kappa shape index (κ2) is 7.20. The van der Waals surface area contributed by atoms with E-state index in [-0.39, 0.29) is 30.4 Å². The molecule has 1 aromatic carbocycles. The average molecular weight is 339 g/mol. The monoisotopic (exact) mass is 338 g/mol. The molecule has 8 heteroatoms. The zero-order valence-electron chi connectivity index (χ0n) is 11.9. The Morgan fingerprint density at radius 1 is 1.33 bits per heavy atom. The molecule has 0 bridgehead atoms. The highest BCUT2D eigenvalue weighted by molar-refractivity contribution is 8.13. The van der Waals surface area contributed by atoms with Gasteiger partial charge in [0.25, 0.3) is 9.05 Å². The van der Waals surface area contributed by atoms with Crippen molar-refractivity contribution in [3.63, 3.8) is 0 Å². The molecule has 0 saturated carbocycles. The Labute approximate surface area is 127 Å². The number of rotatable bonds is 6. The summed E-state index contributed by atoms with van der Waals surface area (Å²) in [5.74, 6) is -1.72. The fourth-order valence-electron chi connectivity index (χ4n) is 1.62. The van der Waals surface area contributed by atoms with Gasteiger partial charge in [0.1, 0.15) is 12.4 Å². The first-order valence-corrected chi connectivity index (χ1v) is 8.47. The van der Waals surface area contributed by atoms with Crippen molar-refractivity contribution in [1.82, 2.24) is 0 Å². The molecular formula is C13H16ClFO5S. The molecule has 0 aliphatic carbocycles. The first-order valence-electron chi connectivity index (χ1n) is 6.16. The molecular weight excluding hydrogens is 323 g/mol. The quantitative estimate of drug-likeness (QED) is 0.453. The summed E-state index contributed by atoms with van der Waals surface area (Å²) in [5.41, 5.74) is -0.139. The number of hydrogen-bond donors (Lipinski definition) is 0. The van der Waals surface area contributed by atoms with E-state index in [4.69, 9.17) is 20.2 Å². The van der Waals surface area contributed by atoms with Crippen molar-refractivity contribution >= 4 is 25.7 Å². The molecule has 0 aliphatic heterocycles. The van der Waals surface area contributed by atoms with Gasteiger partial charge in [-0.15, -0.1) is 0 Å². The second-order valence-electron chi connectivity index (χ2n) is 4.57. The highest BCUT2D eigenvalue weighted by Crippen LogP contribution is 2.24. The number of carbonyl (C=O) groups excluding carboxylic acids is 1. The Bertz CT molecular complexity index is 628. The molecule has 0 atom stereocenters. The zero-order chi connectivity index (χ0) is 16.2. The van der Waals surface area contributed by atoms with Crippen LogP contribution >= 0.6 is 10.7 Å². The van der Waals surface area contributed by atoms with E-state index >= 15 is 0 Å². The van der Waals surface area contributed by atoms with E-state index in [1.165, 1.54) is 6.92 Å². The van der Waals surface area contributed by atoms with Crippen LogP contribution in [0.25, 0.3) is 0 Å². The highest BCUT2D eigenvalue weighted by atomic mass is 35.7. The van der Waals surface area contributed by atoms with Crippen molar-refractivity contribution in [3.05, 3.63) is 29.1 Å². The SMILES string of the molecule is Cc1c(C(=O)OCCOC(C)C)cc(F)cc1S(=O)(=O)Cl. The van der Waals surface area contributed by atoms with Crippen LogP contribution in [0.1, 0.15) is 29.8 Å². The predicted molar refractivity (Wildman–Crippen MR) is 75.5 cm³/mol. The van der Waals surface area contributed by atoms with E-state index in [0.29, 0.717) is 0 Å². The van der Waals surface area contributed by atoms with Crippen LogP contribution in [0.2, 0.25) is 0 Å². The highest BCUT2D eigenvalue weighted by Gasteiger charge is 2.21. The molecule has 0 fully saturated rings. The Morgan fingerprint density at radius 2 is 1.95 bits per heavy atom. The van der Waals surface area contributed by atoms with Crippen molar-refractivity contribution in [2.75, 3.05) is 13.2 Å². The van der Waals surface area contributed by atoms with Gasteiger partial charge in [-0.1, -0.05) is 0 Å². The summed E-state index contributed by atoms with van der Waals surface area (Å²) < 4.78 is 46.2. The smallest absolute Gasteiger partial charge is 0.338 e. The molecule has 0 amide bonds. The molecule has 0 aromatic heterocycles. The van der Waals surface area contributed by atoms with Crippen molar-refractivity contribution in [2.24, 2.45) is 0 Å². The summed E-state index contributed by atoms with van der Waals surface area (Å²) in [6, 6.07) is 1.67. The van der Waals surface area contributed by atoms with E-state index in [0.717, 1.165) is 12.1 Å². The maximum absolute atomic E-state index is 13.4. The minimum atomic E-state index is -4.15.